The van der Waals surface area contributed by atoms with Crippen molar-refractivity contribution >= 4 is 11.8 Å². The summed E-state index contributed by atoms with van der Waals surface area (Å²) in [4.78, 5) is 12.0. The van der Waals surface area contributed by atoms with E-state index in [4.69, 9.17) is 25.8 Å². The van der Waals surface area contributed by atoms with Gasteiger partial charge in [0.2, 0.25) is 0 Å². The Morgan fingerprint density at radius 2 is 1.79 bits per heavy atom. The molecule has 0 aliphatic heterocycles. The number of alkyl carbamates (subject to hydrolysis) is 1. The number of carbonyl (C=O) groups is 1. The number of benzene rings is 2. The van der Waals surface area contributed by atoms with E-state index in [0.29, 0.717) is 17.1 Å². The maximum Gasteiger partial charge on any atom is 0.413 e. The standard InChI is InChI=1S/C20H26N4O4/c1-13-5-10-18(27-4)17(11-13)24(22)14(2)19(21)23-20(25)28-12-15-6-8-16(26-3)9-7-15/h5-11H,12,21-22H2,1-4H3,(H,23,25)/b19-14+. The maximum atomic E-state index is 12.0. The molecule has 0 aromatic heterocycles. The molecule has 2 aromatic carbocycles. The van der Waals surface area contributed by atoms with Gasteiger partial charge in [-0.2, -0.15) is 0 Å². The third-order valence-corrected chi connectivity index (χ3v) is 4.11. The molecule has 8 nitrogen and oxygen atoms in total. The molecule has 0 saturated heterocycles. The average Bonchev–Trinajstić information content (AvgIpc) is 2.71. The van der Waals surface area contributed by atoms with E-state index in [-0.39, 0.29) is 12.4 Å². The molecule has 8 heteroatoms. The van der Waals surface area contributed by atoms with Gasteiger partial charge in [-0.1, -0.05) is 18.2 Å². The quantitative estimate of drug-likeness (QED) is 0.495. The van der Waals surface area contributed by atoms with Crippen molar-refractivity contribution in [3.05, 3.63) is 65.1 Å². The summed E-state index contributed by atoms with van der Waals surface area (Å²) in [7, 11) is 3.14. The molecule has 0 saturated carbocycles. The van der Waals surface area contributed by atoms with Crippen LogP contribution < -0.4 is 31.4 Å². The summed E-state index contributed by atoms with van der Waals surface area (Å²) in [5.41, 5.74) is 8.86. The van der Waals surface area contributed by atoms with Gasteiger partial charge in [0.05, 0.1) is 25.6 Å². The summed E-state index contributed by atoms with van der Waals surface area (Å²) >= 11 is 0. The van der Waals surface area contributed by atoms with Crippen LogP contribution in [-0.4, -0.2) is 20.3 Å². The van der Waals surface area contributed by atoms with Crippen LogP contribution in [0.1, 0.15) is 18.1 Å². The zero-order valence-corrected chi connectivity index (χ0v) is 16.5. The first-order chi connectivity index (χ1) is 13.3. The van der Waals surface area contributed by atoms with E-state index < -0.39 is 6.09 Å². The fourth-order valence-corrected chi connectivity index (χ4v) is 2.41. The van der Waals surface area contributed by atoms with E-state index in [1.54, 1.807) is 33.3 Å². The number of nitrogens with two attached hydrogens (primary N) is 2. The van der Waals surface area contributed by atoms with Gasteiger partial charge in [0.15, 0.2) is 0 Å². The van der Waals surface area contributed by atoms with Gasteiger partial charge in [0, 0.05) is 0 Å². The fourth-order valence-electron chi connectivity index (χ4n) is 2.41. The molecule has 150 valence electrons. The van der Waals surface area contributed by atoms with Gasteiger partial charge in [-0.25, -0.2) is 10.6 Å². The summed E-state index contributed by atoms with van der Waals surface area (Å²) in [6.07, 6.45) is -0.683. The van der Waals surface area contributed by atoms with Crippen LogP contribution in [0.2, 0.25) is 0 Å². The zero-order chi connectivity index (χ0) is 20.7. The molecule has 28 heavy (non-hydrogen) atoms. The number of carbonyl (C=O) groups excluding carboxylic acids is 1. The molecule has 0 atom stereocenters. The lowest BCUT2D eigenvalue weighted by Gasteiger charge is -2.23. The van der Waals surface area contributed by atoms with E-state index in [0.717, 1.165) is 16.9 Å². The number of anilines is 1. The predicted octanol–water partition coefficient (Wildman–Crippen LogP) is 2.77. The van der Waals surface area contributed by atoms with Gasteiger partial charge in [-0.3, -0.25) is 10.3 Å². The van der Waals surface area contributed by atoms with E-state index in [1.165, 1.54) is 5.01 Å². The Morgan fingerprint density at radius 1 is 1.11 bits per heavy atom. The van der Waals surface area contributed by atoms with Crippen molar-refractivity contribution in [2.75, 3.05) is 19.2 Å². The Morgan fingerprint density at radius 3 is 2.39 bits per heavy atom. The van der Waals surface area contributed by atoms with Gasteiger partial charge < -0.3 is 19.9 Å². The van der Waals surface area contributed by atoms with Crippen molar-refractivity contribution < 1.29 is 19.0 Å². The summed E-state index contributed by atoms with van der Waals surface area (Å²) < 4.78 is 15.6. The number of rotatable bonds is 7. The summed E-state index contributed by atoms with van der Waals surface area (Å²) in [5, 5.41) is 3.84. The lowest BCUT2D eigenvalue weighted by atomic mass is 10.2. The summed E-state index contributed by atoms with van der Waals surface area (Å²) in [6.45, 7) is 3.72. The summed E-state index contributed by atoms with van der Waals surface area (Å²) in [6, 6.07) is 12.8. The molecule has 5 N–H and O–H groups in total. The number of nitrogens with zero attached hydrogens (tertiary/aromatic N) is 1. The average molecular weight is 386 g/mol. The molecule has 0 unspecified atom stereocenters. The smallest absolute Gasteiger partial charge is 0.413 e. The first kappa shape index (κ1) is 20.9. The molecule has 2 rings (SSSR count). The van der Waals surface area contributed by atoms with Gasteiger partial charge in [-0.05, 0) is 49.2 Å². The van der Waals surface area contributed by atoms with Crippen LogP contribution >= 0.6 is 0 Å². The number of ether oxygens (including phenoxy) is 3. The van der Waals surface area contributed by atoms with E-state index in [9.17, 15) is 4.79 Å². The highest BCUT2D eigenvalue weighted by Gasteiger charge is 2.15. The number of methoxy groups -OCH3 is 2. The number of hydrogen-bond donors (Lipinski definition) is 3. The monoisotopic (exact) mass is 386 g/mol. The van der Waals surface area contributed by atoms with Crippen LogP contribution in [0.15, 0.2) is 54.0 Å². The number of hydrogen-bond acceptors (Lipinski definition) is 7. The van der Waals surface area contributed by atoms with Crippen LogP contribution in [0.3, 0.4) is 0 Å². The molecule has 0 bridgehead atoms. The van der Waals surface area contributed by atoms with E-state index in [2.05, 4.69) is 5.32 Å². The Kier molecular flexibility index (Phi) is 7.11. The third-order valence-electron chi connectivity index (χ3n) is 4.11. The Balaban J connectivity index is 2.02. The molecule has 2 aromatic rings. The van der Waals surface area contributed by atoms with Crippen LogP contribution in [0.5, 0.6) is 11.5 Å². The molecule has 0 radical (unpaired) electrons. The molecule has 1 amide bonds. The van der Waals surface area contributed by atoms with Crippen molar-refractivity contribution in [1.29, 1.82) is 0 Å². The first-order valence-electron chi connectivity index (χ1n) is 8.58. The van der Waals surface area contributed by atoms with Gasteiger partial charge in [0.25, 0.3) is 0 Å². The number of hydrazine groups is 1. The van der Waals surface area contributed by atoms with E-state index >= 15 is 0 Å². The largest absolute Gasteiger partial charge is 0.497 e. The Bertz CT molecular complexity index is 850. The fraction of sp³-hybridized carbons (Fsp3) is 0.250. The topological polar surface area (TPSA) is 112 Å². The van der Waals surface area contributed by atoms with Crippen LogP contribution in [0.25, 0.3) is 0 Å². The molecule has 0 spiro atoms. The highest BCUT2D eigenvalue weighted by molar-refractivity contribution is 5.70. The maximum absolute atomic E-state index is 12.0. The minimum atomic E-state index is -0.683. The normalized spacial score (nSPS) is 11.3. The molecule has 0 fully saturated rings. The lowest BCUT2D eigenvalue weighted by molar-refractivity contribution is 0.142. The molecular weight excluding hydrogens is 360 g/mol. The number of allylic oxidation sites excluding steroid dienone is 1. The molecule has 0 aliphatic carbocycles. The van der Waals surface area contributed by atoms with Crippen molar-refractivity contribution in [3.63, 3.8) is 0 Å². The van der Waals surface area contributed by atoms with Gasteiger partial charge in [0.1, 0.15) is 23.9 Å². The van der Waals surface area contributed by atoms with Crippen molar-refractivity contribution in [2.45, 2.75) is 20.5 Å². The molecular formula is C20H26N4O4. The van der Waals surface area contributed by atoms with Gasteiger partial charge in [-0.15, -0.1) is 0 Å². The molecule has 0 heterocycles. The second-order valence-electron chi connectivity index (χ2n) is 6.09. The first-order valence-corrected chi connectivity index (χ1v) is 8.58. The zero-order valence-electron chi connectivity index (χ0n) is 16.5. The Hall–Kier alpha value is -3.39. The Labute approximate surface area is 164 Å². The van der Waals surface area contributed by atoms with Crippen molar-refractivity contribution in [2.24, 2.45) is 11.6 Å². The number of nitrogens with one attached hydrogen (secondary N) is 1. The van der Waals surface area contributed by atoms with Crippen molar-refractivity contribution in [1.82, 2.24) is 5.32 Å². The van der Waals surface area contributed by atoms with Crippen LogP contribution in [-0.2, 0) is 11.3 Å². The van der Waals surface area contributed by atoms with Gasteiger partial charge >= 0.3 is 6.09 Å². The minimum Gasteiger partial charge on any atom is -0.497 e. The predicted molar refractivity (Wildman–Crippen MR) is 108 cm³/mol. The lowest BCUT2D eigenvalue weighted by Crippen LogP contribution is -2.37. The van der Waals surface area contributed by atoms with Crippen LogP contribution in [0, 0.1) is 6.92 Å². The SMILES string of the molecule is COc1ccc(COC(=O)N/C(N)=C(\C)N(N)c2cc(C)ccc2OC)cc1. The summed E-state index contributed by atoms with van der Waals surface area (Å²) in [5.74, 6) is 7.55. The van der Waals surface area contributed by atoms with Crippen molar-refractivity contribution in [3.8, 4) is 11.5 Å². The second-order valence-corrected chi connectivity index (χ2v) is 6.09. The van der Waals surface area contributed by atoms with E-state index in [1.807, 2.05) is 37.3 Å². The molecule has 0 aliphatic rings. The highest BCUT2D eigenvalue weighted by atomic mass is 16.5. The third kappa shape index (κ3) is 5.31. The second kappa shape index (κ2) is 9.52. The minimum absolute atomic E-state index is 0.0748. The van der Waals surface area contributed by atoms with Crippen LogP contribution in [0.4, 0.5) is 10.5 Å². The number of aryl methyl sites for hydroxylation is 1. The highest BCUT2D eigenvalue weighted by Crippen LogP contribution is 2.29. The number of amides is 1.